The average Bonchev–Trinajstić information content (AvgIpc) is 3.20. The van der Waals surface area contributed by atoms with Crippen LogP contribution in [0.25, 0.3) is 5.69 Å². The van der Waals surface area contributed by atoms with E-state index in [2.05, 4.69) is 16.2 Å². The van der Waals surface area contributed by atoms with Gasteiger partial charge in [-0.25, -0.2) is 9.67 Å². The number of ketones is 1. The van der Waals surface area contributed by atoms with Gasteiger partial charge >= 0.3 is 0 Å². The Morgan fingerprint density at radius 2 is 2.20 bits per heavy atom. The van der Waals surface area contributed by atoms with Gasteiger partial charge in [-0.15, -0.1) is 16.4 Å². The van der Waals surface area contributed by atoms with E-state index in [9.17, 15) is 10.1 Å². The number of benzene rings is 1. The number of hydrogen-bond acceptors (Lipinski definition) is 8. The minimum Gasteiger partial charge on any atom is -0.297 e. The highest BCUT2D eigenvalue weighted by molar-refractivity contribution is 8.01. The van der Waals surface area contributed by atoms with Crippen LogP contribution in [-0.2, 0) is 4.79 Å². The van der Waals surface area contributed by atoms with Gasteiger partial charge in [0.2, 0.25) is 0 Å². The van der Waals surface area contributed by atoms with Crippen LogP contribution in [0, 0.1) is 22.2 Å². The molecule has 0 spiro atoms. The van der Waals surface area contributed by atoms with Gasteiger partial charge in [0.15, 0.2) is 20.0 Å². The van der Waals surface area contributed by atoms with Crippen LogP contribution in [-0.4, -0.2) is 26.3 Å². The molecular formula is C16H12N4OS4. The van der Waals surface area contributed by atoms with Gasteiger partial charge in [-0.2, -0.15) is 5.26 Å². The Bertz CT molecular complexity index is 983. The van der Waals surface area contributed by atoms with Crippen molar-refractivity contribution in [2.75, 3.05) is 5.75 Å². The van der Waals surface area contributed by atoms with Crippen molar-refractivity contribution in [2.24, 2.45) is 0 Å². The molecule has 0 amide bonds. The number of thioether (sulfide) groups is 1. The lowest BCUT2D eigenvalue weighted by Gasteiger charge is -2.03. The lowest BCUT2D eigenvalue weighted by atomic mass is 10.1. The maximum Gasteiger partial charge on any atom is 0.184 e. The first-order chi connectivity index (χ1) is 12.1. The Kier molecular flexibility index (Phi) is 5.75. The van der Waals surface area contributed by atoms with E-state index in [1.807, 2.05) is 42.6 Å². The highest BCUT2D eigenvalue weighted by atomic mass is 32.2. The third-order valence-corrected chi connectivity index (χ3v) is 6.62. The number of hydrogen-bond donors (Lipinski definition) is 0. The first-order valence-corrected chi connectivity index (χ1v) is 10.3. The molecule has 0 radical (unpaired) electrons. The number of carbonyl (C=O) groups excluding carboxylic acids is 1. The summed E-state index contributed by atoms with van der Waals surface area (Å²) in [6.07, 6.45) is 0. The van der Waals surface area contributed by atoms with Crippen LogP contribution in [0.15, 0.2) is 40.1 Å². The van der Waals surface area contributed by atoms with Gasteiger partial charge < -0.3 is 0 Å². The molecule has 3 aromatic rings. The minimum atomic E-state index is -0.824. The van der Waals surface area contributed by atoms with E-state index in [1.54, 1.807) is 4.68 Å². The Hall–Kier alpha value is -1.86. The number of Topliss-reactive ketones (excluding diaryl/α,β-unsaturated/α-hetero) is 1. The maximum atomic E-state index is 12.4. The van der Waals surface area contributed by atoms with Crippen LogP contribution in [0.4, 0.5) is 0 Å². The molecule has 2 aromatic heterocycles. The van der Waals surface area contributed by atoms with Crippen LogP contribution >= 0.6 is 46.7 Å². The molecule has 2 heterocycles. The highest BCUT2D eigenvalue weighted by Crippen LogP contribution is 2.27. The number of nitrogens with zero attached hydrogens (tertiary/aromatic N) is 4. The molecule has 0 unspecified atom stereocenters. The predicted octanol–water partition coefficient (Wildman–Crippen LogP) is 4.40. The SMILES string of the molecule is Cc1csc([C@@H](C#N)C(=O)CSc2nn(-c3ccccc3)c(=S)s2)n1. The zero-order chi connectivity index (χ0) is 17.8. The van der Waals surface area contributed by atoms with E-state index in [4.69, 9.17) is 12.2 Å². The Morgan fingerprint density at radius 3 is 2.84 bits per heavy atom. The fourth-order valence-corrected chi connectivity index (χ4v) is 5.17. The van der Waals surface area contributed by atoms with Crippen LogP contribution < -0.4 is 0 Å². The summed E-state index contributed by atoms with van der Waals surface area (Å²) in [6, 6.07) is 11.7. The quantitative estimate of drug-likeness (QED) is 0.448. The summed E-state index contributed by atoms with van der Waals surface area (Å²) < 4.78 is 3.00. The molecule has 5 nitrogen and oxygen atoms in total. The first-order valence-electron chi connectivity index (χ1n) is 7.21. The number of aromatic nitrogens is 3. The number of thiazole rings is 1. The van der Waals surface area contributed by atoms with E-state index in [0.717, 1.165) is 11.4 Å². The van der Waals surface area contributed by atoms with E-state index >= 15 is 0 Å². The van der Waals surface area contributed by atoms with Crippen molar-refractivity contribution in [1.82, 2.24) is 14.8 Å². The van der Waals surface area contributed by atoms with Crippen LogP contribution in [0.1, 0.15) is 16.6 Å². The van der Waals surface area contributed by atoms with Gasteiger partial charge in [0, 0.05) is 11.1 Å². The summed E-state index contributed by atoms with van der Waals surface area (Å²) in [7, 11) is 0. The van der Waals surface area contributed by atoms with Crippen molar-refractivity contribution in [3.05, 3.63) is 50.4 Å². The lowest BCUT2D eigenvalue weighted by molar-refractivity contribution is -0.116. The summed E-state index contributed by atoms with van der Waals surface area (Å²) >= 11 is 9.34. The smallest absolute Gasteiger partial charge is 0.184 e. The highest BCUT2D eigenvalue weighted by Gasteiger charge is 2.23. The van der Waals surface area contributed by atoms with Crippen molar-refractivity contribution in [2.45, 2.75) is 17.2 Å². The second-order valence-corrected chi connectivity index (χ2v) is 8.76. The van der Waals surface area contributed by atoms with Crippen molar-refractivity contribution in [3.63, 3.8) is 0 Å². The van der Waals surface area contributed by atoms with Crippen molar-refractivity contribution in [3.8, 4) is 11.8 Å². The molecule has 0 aliphatic carbocycles. The van der Waals surface area contributed by atoms with Crippen molar-refractivity contribution in [1.29, 1.82) is 5.26 Å². The molecular weight excluding hydrogens is 392 g/mol. The number of aryl methyl sites for hydroxylation is 1. The van der Waals surface area contributed by atoms with Crippen LogP contribution in [0.5, 0.6) is 0 Å². The molecule has 1 atom stereocenters. The molecule has 1 aromatic carbocycles. The zero-order valence-electron chi connectivity index (χ0n) is 13.1. The maximum absolute atomic E-state index is 12.4. The summed E-state index contributed by atoms with van der Waals surface area (Å²) in [6.45, 7) is 1.84. The van der Waals surface area contributed by atoms with E-state index in [1.165, 1.54) is 34.4 Å². The number of rotatable bonds is 6. The fraction of sp³-hybridized carbons (Fsp3) is 0.188. The van der Waals surface area contributed by atoms with Crippen molar-refractivity contribution < 1.29 is 4.79 Å². The van der Waals surface area contributed by atoms with Gasteiger partial charge in [0.1, 0.15) is 5.01 Å². The zero-order valence-corrected chi connectivity index (χ0v) is 16.3. The standard InChI is InChI=1S/C16H12N4OS4/c1-10-8-23-14(18-10)12(7-17)13(21)9-24-15-19-20(16(22)25-15)11-5-3-2-4-6-11/h2-6,8,12H,9H2,1H3/t12-/m0/s1. The lowest BCUT2D eigenvalue weighted by Crippen LogP contribution is -2.13. The molecule has 0 N–H and O–H groups in total. The summed E-state index contributed by atoms with van der Waals surface area (Å²) in [4.78, 5) is 16.6. The summed E-state index contributed by atoms with van der Waals surface area (Å²) in [5.41, 5.74) is 1.70. The van der Waals surface area contributed by atoms with Crippen LogP contribution in [0.3, 0.4) is 0 Å². The molecule has 9 heteroatoms. The van der Waals surface area contributed by atoms with Gasteiger partial charge in [-0.1, -0.05) is 41.3 Å². The largest absolute Gasteiger partial charge is 0.297 e. The first kappa shape index (κ1) is 17.9. The van der Waals surface area contributed by atoms with Crippen LogP contribution in [0.2, 0.25) is 0 Å². The predicted molar refractivity (Wildman–Crippen MR) is 103 cm³/mol. The monoisotopic (exact) mass is 404 g/mol. The Labute approximate surface area is 162 Å². The molecule has 0 fully saturated rings. The van der Waals surface area contributed by atoms with E-state index < -0.39 is 5.92 Å². The average molecular weight is 405 g/mol. The number of nitriles is 1. The second kappa shape index (κ2) is 8.01. The second-order valence-electron chi connectivity index (χ2n) is 5.03. The molecule has 0 saturated heterocycles. The number of para-hydroxylation sites is 1. The summed E-state index contributed by atoms with van der Waals surface area (Å²) in [5, 5.41) is 16.2. The van der Waals surface area contributed by atoms with E-state index in [-0.39, 0.29) is 11.5 Å². The van der Waals surface area contributed by atoms with Gasteiger partial charge in [-0.3, -0.25) is 4.79 Å². The van der Waals surface area contributed by atoms with Crippen molar-refractivity contribution >= 4 is 52.4 Å². The normalized spacial score (nSPS) is 11.8. The molecule has 126 valence electrons. The third-order valence-electron chi connectivity index (χ3n) is 3.20. The third kappa shape index (κ3) is 4.22. The van der Waals surface area contributed by atoms with Gasteiger partial charge in [-0.05, 0) is 31.3 Å². The molecule has 0 aliphatic rings. The minimum absolute atomic E-state index is 0.161. The molecule has 3 rings (SSSR count). The molecule has 25 heavy (non-hydrogen) atoms. The van der Waals surface area contributed by atoms with E-state index in [0.29, 0.717) is 13.3 Å². The van der Waals surface area contributed by atoms with Gasteiger partial charge in [0.05, 0.1) is 17.5 Å². The molecule has 0 saturated carbocycles. The Morgan fingerprint density at radius 1 is 1.44 bits per heavy atom. The summed E-state index contributed by atoms with van der Waals surface area (Å²) in [5.74, 6) is -0.835. The Balaban J connectivity index is 1.71. The topological polar surface area (TPSA) is 71.6 Å². The fourth-order valence-electron chi connectivity index (χ4n) is 2.04. The molecule has 0 aliphatic heterocycles. The molecule has 0 bridgehead atoms. The number of carbonyl (C=O) groups is 1. The van der Waals surface area contributed by atoms with Gasteiger partial charge in [0.25, 0.3) is 0 Å².